The first-order chi connectivity index (χ1) is 12.6. The second-order valence-electron chi connectivity index (χ2n) is 6.16. The number of aromatic amines is 2. The second kappa shape index (κ2) is 6.35. The lowest BCUT2D eigenvalue weighted by Gasteiger charge is -2.07. The highest BCUT2D eigenvalue weighted by Crippen LogP contribution is 2.19. The Hall–Kier alpha value is -3.05. The van der Waals surface area contributed by atoms with Crippen LogP contribution in [0.2, 0.25) is 5.02 Å². The lowest BCUT2D eigenvalue weighted by molar-refractivity contribution is 0.857. The van der Waals surface area contributed by atoms with Crippen molar-refractivity contribution in [3.05, 3.63) is 97.0 Å². The van der Waals surface area contributed by atoms with Gasteiger partial charge in [-0.1, -0.05) is 48.0 Å². The molecule has 6 heteroatoms. The van der Waals surface area contributed by atoms with Crippen LogP contribution in [0.3, 0.4) is 0 Å². The summed E-state index contributed by atoms with van der Waals surface area (Å²) in [4.78, 5) is 29.0. The van der Waals surface area contributed by atoms with Gasteiger partial charge in [0, 0.05) is 22.7 Å². The highest BCUT2D eigenvalue weighted by Gasteiger charge is 2.17. The number of benzene rings is 2. The Labute approximate surface area is 153 Å². The molecule has 0 amide bonds. The van der Waals surface area contributed by atoms with E-state index in [9.17, 15) is 9.59 Å². The third-order valence-corrected chi connectivity index (χ3v) is 4.87. The molecule has 2 heterocycles. The van der Waals surface area contributed by atoms with Gasteiger partial charge in [-0.25, -0.2) is 4.68 Å². The first-order valence-corrected chi connectivity index (χ1v) is 8.59. The van der Waals surface area contributed by atoms with E-state index in [-0.39, 0.29) is 16.4 Å². The van der Waals surface area contributed by atoms with Gasteiger partial charge in [0.05, 0.1) is 5.69 Å². The summed E-state index contributed by atoms with van der Waals surface area (Å²) in [6.07, 6.45) is 0.368. The van der Waals surface area contributed by atoms with E-state index >= 15 is 0 Å². The maximum Gasteiger partial charge on any atom is 0.284 e. The molecule has 0 bridgehead atoms. The molecule has 0 saturated carbocycles. The lowest BCUT2D eigenvalue weighted by Crippen LogP contribution is -2.21. The zero-order valence-corrected chi connectivity index (χ0v) is 14.8. The molecule has 130 valence electrons. The molecule has 0 aliphatic rings. The number of hydrogen-bond acceptors (Lipinski definition) is 2. The average molecular weight is 366 g/mol. The van der Waals surface area contributed by atoms with Crippen LogP contribution in [-0.2, 0) is 6.42 Å². The van der Waals surface area contributed by atoms with E-state index in [0.29, 0.717) is 34.0 Å². The van der Waals surface area contributed by atoms with Crippen LogP contribution in [0.5, 0.6) is 0 Å². The van der Waals surface area contributed by atoms with E-state index in [1.54, 1.807) is 18.2 Å². The van der Waals surface area contributed by atoms with Gasteiger partial charge in [0.2, 0.25) is 0 Å². The lowest BCUT2D eigenvalue weighted by atomic mass is 10.0. The minimum atomic E-state index is -0.368. The number of halogens is 1. The molecule has 0 aliphatic carbocycles. The van der Waals surface area contributed by atoms with Crippen molar-refractivity contribution in [1.29, 1.82) is 0 Å². The van der Waals surface area contributed by atoms with Crippen molar-refractivity contribution >= 4 is 22.6 Å². The Morgan fingerprint density at radius 2 is 1.69 bits per heavy atom. The summed E-state index contributed by atoms with van der Waals surface area (Å²) in [6, 6.07) is 16.5. The largest absolute Gasteiger partial charge is 0.343 e. The van der Waals surface area contributed by atoms with E-state index in [1.165, 1.54) is 4.68 Å². The molecule has 0 atom stereocenters. The van der Waals surface area contributed by atoms with E-state index in [2.05, 4.69) is 10.1 Å². The van der Waals surface area contributed by atoms with Crippen molar-refractivity contribution in [1.82, 2.24) is 14.8 Å². The predicted octanol–water partition coefficient (Wildman–Crippen LogP) is 3.56. The van der Waals surface area contributed by atoms with Gasteiger partial charge in [-0.05, 0) is 30.7 Å². The molecule has 4 aromatic rings. The number of fused-ring (bicyclic) bond motifs is 1. The number of pyridine rings is 1. The van der Waals surface area contributed by atoms with Gasteiger partial charge in [0.15, 0.2) is 5.43 Å². The third kappa shape index (κ3) is 2.66. The number of para-hydroxylation sites is 1. The molecule has 2 aromatic carbocycles. The first kappa shape index (κ1) is 16.4. The number of aromatic nitrogens is 3. The molecule has 0 unspecified atom stereocenters. The Bertz CT molecular complexity index is 1220. The maximum absolute atomic E-state index is 13.0. The molecule has 0 fully saturated rings. The SMILES string of the molecule is Cc1[nH]c2[nH]n(-c3ccccc3)c(=O)c2c(=O)c1Cc1ccccc1Cl. The molecule has 26 heavy (non-hydrogen) atoms. The van der Waals surface area contributed by atoms with E-state index in [0.717, 1.165) is 5.56 Å². The van der Waals surface area contributed by atoms with E-state index in [1.807, 2.05) is 43.3 Å². The Balaban J connectivity index is 1.92. The van der Waals surface area contributed by atoms with Gasteiger partial charge in [-0.15, -0.1) is 0 Å². The number of nitrogens with one attached hydrogen (secondary N) is 2. The minimum Gasteiger partial charge on any atom is -0.343 e. The summed E-state index contributed by atoms with van der Waals surface area (Å²) < 4.78 is 1.38. The summed E-state index contributed by atoms with van der Waals surface area (Å²) in [6.45, 7) is 1.82. The molecular formula is C20H16ClN3O2. The second-order valence-corrected chi connectivity index (χ2v) is 6.57. The number of nitrogens with zero attached hydrogens (tertiary/aromatic N) is 1. The summed E-state index contributed by atoms with van der Waals surface area (Å²) >= 11 is 6.23. The topological polar surface area (TPSA) is 70.7 Å². The van der Waals surface area contributed by atoms with Gasteiger partial charge in [0.1, 0.15) is 11.0 Å². The van der Waals surface area contributed by atoms with Crippen molar-refractivity contribution in [2.45, 2.75) is 13.3 Å². The van der Waals surface area contributed by atoms with Crippen molar-refractivity contribution in [3.8, 4) is 5.69 Å². The third-order valence-electron chi connectivity index (χ3n) is 4.50. The maximum atomic E-state index is 13.0. The average Bonchev–Trinajstić information content (AvgIpc) is 2.97. The normalized spacial score (nSPS) is 11.2. The van der Waals surface area contributed by atoms with Crippen LogP contribution in [0, 0.1) is 6.92 Å². The van der Waals surface area contributed by atoms with Crippen LogP contribution in [-0.4, -0.2) is 14.8 Å². The van der Waals surface area contributed by atoms with Gasteiger partial charge in [0.25, 0.3) is 5.56 Å². The fourth-order valence-electron chi connectivity index (χ4n) is 3.13. The zero-order valence-electron chi connectivity index (χ0n) is 14.0. The van der Waals surface area contributed by atoms with Gasteiger partial charge in [-0.2, -0.15) is 0 Å². The number of hydrogen-bond donors (Lipinski definition) is 2. The number of rotatable bonds is 3. The summed E-state index contributed by atoms with van der Waals surface area (Å²) in [5.74, 6) is 0. The van der Waals surface area contributed by atoms with Crippen molar-refractivity contribution in [3.63, 3.8) is 0 Å². The Kier molecular flexibility index (Phi) is 4.01. The van der Waals surface area contributed by atoms with Gasteiger partial charge >= 0.3 is 0 Å². The smallest absolute Gasteiger partial charge is 0.284 e. The van der Waals surface area contributed by atoms with Gasteiger partial charge < -0.3 is 4.98 Å². The highest BCUT2D eigenvalue weighted by atomic mass is 35.5. The Morgan fingerprint density at radius 1 is 1.00 bits per heavy atom. The molecule has 0 saturated heterocycles. The standard InChI is InChI=1S/C20H16ClN3O2/c1-12-15(11-13-7-5-6-10-16(13)21)18(25)17-19(22-12)23-24(20(17)26)14-8-3-2-4-9-14/h2-10H,11H2,1H3,(H2,22,23,25). The van der Waals surface area contributed by atoms with Crippen LogP contribution in [0.25, 0.3) is 16.7 Å². The molecule has 2 N–H and O–H groups in total. The van der Waals surface area contributed by atoms with Crippen LogP contribution in [0.15, 0.2) is 64.2 Å². The van der Waals surface area contributed by atoms with Gasteiger partial charge in [-0.3, -0.25) is 14.7 Å². The summed E-state index contributed by atoms with van der Waals surface area (Å²) in [5.41, 5.74) is 2.56. The molecule has 5 nitrogen and oxygen atoms in total. The Morgan fingerprint density at radius 3 is 2.42 bits per heavy atom. The van der Waals surface area contributed by atoms with Crippen LogP contribution < -0.4 is 11.0 Å². The molecular weight excluding hydrogens is 350 g/mol. The monoisotopic (exact) mass is 365 g/mol. The van der Waals surface area contributed by atoms with E-state index in [4.69, 9.17) is 11.6 Å². The van der Waals surface area contributed by atoms with Crippen molar-refractivity contribution < 1.29 is 0 Å². The predicted molar refractivity (Wildman–Crippen MR) is 104 cm³/mol. The van der Waals surface area contributed by atoms with Crippen LogP contribution in [0.1, 0.15) is 16.8 Å². The molecule has 2 aromatic heterocycles. The highest BCUT2D eigenvalue weighted by molar-refractivity contribution is 6.31. The zero-order chi connectivity index (χ0) is 18.3. The summed E-state index contributed by atoms with van der Waals surface area (Å²) in [7, 11) is 0. The fourth-order valence-corrected chi connectivity index (χ4v) is 3.33. The fraction of sp³-hybridized carbons (Fsp3) is 0.100. The minimum absolute atomic E-state index is 0.126. The molecule has 0 spiro atoms. The molecule has 4 rings (SSSR count). The first-order valence-electron chi connectivity index (χ1n) is 8.21. The van der Waals surface area contributed by atoms with Crippen molar-refractivity contribution in [2.24, 2.45) is 0 Å². The van der Waals surface area contributed by atoms with Crippen LogP contribution >= 0.6 is 11.6 Å². The number of H-pyrrole nitrogens is 2. The summed E-state index contributed by atoms with van der Waals surface area (Å²) in [5, 5.41) is 3.71. The molecule has 0 aliphatic heterocycles. The van der Waals surface area contributed by atoms with E-state index < -0.39 is 0 Å². The number of aryl methyl sites for hydroxylation is 1. The van der Waals surface area contributed by atoms with Crippen LogP contribution in [0.4, 0.5) is 0 Å². The quantitative estimate of drug-likeness (QED) is 0.582. The molecule has 0 radical (unpaired) electrons. The van der Waals surface area contributed by atoms with Crippen molar-refractivity contribution in [2.75, 3.05) is 0 Å².